The summed E-state index contributed by atoms with van der Waals surface area (Å²) in [5.74, 6) is 0.917. The lowest BCUT2D eigenvalue weighted by atomic mass is 10.7. The Kier molecular flexibility index (Phi) is 4.57. The van der Waals surface area contributed by atoms with E-state index in [1.54, 1.807) is 25.2 Å². The van der Waals surface area contributed by atoms with E-state index in [2.05, 4.69) is 25.9 Å². The predicted molar refractivity (Wildman–Crippen MR) is 52.3 cm³/mol. The standard InChI is InChI=1S/C7H9BrN2OS/c1-11-2-3-12-7-4-6(8)9-5-10-7/h4-5H,2-3H2,1H3. The van der Waals surface area contributed by atoms with Gasteiger partial charge in [-0.25, -0.2) is 9.97 Å². The molecule has 0 radical (unpaired) electrons. The fourth-order valence-electron chi connectivity index (χ4n) is 0.626. The zero-order valence-corrected chi connectivity index (χ0v) is 9.06. The van der Waals surface area contributed by atoms with Gasteiger partial charge in [0.25, 0.3) is 0 Å². The number of methoxy groups -OCH3 is 1. The second kappa shape index (κ2) is 5.50. The summed E-state index contributed by atoms with van der Waals surface area (Å²) in [5.41, 5.74) is 0. The van der Waals surface area contributed by atoms with E-state index in [4.69, 9.17) is 4.74 Å². The van der Waals surface area contributed by atoms with Gasteiger partial charge < -0.3 is 4.74 Å². The summed E-state index contributed by atoms with van der Waals surface area (Å²) < 4.78 is 5.73. The van der Waals surface area contributed by atoms with Crippen molar-refractivity contribution in [2.24, 2.45) is 0 Å². The first kappa shape index (κ1) is 9.95. The zero-order valence-electron chi connectivity index (χ0n) is 6.66. The van der Waals surface area contributed by atoms with Crippen LogP contribution in [-0.4, -0.2) is 29.4 Å². The van der Waals surface area contributed by atoms with Crippen molar-refractivity contribution in [3.63, 3.8) is 0 Å². The number of hydrogen-bond donors (Lipinski definition) is 0. The van der Waals surface area contributed by atoms with E-state index >= 15 is 0 Å². The third-order valence-corrected chi connectivity index (χ3v) is 2.47. The van der Waals surface area contributed by atoms with Gasteiger partial charge in [-0.05, 0) is 15.9 Å². The number of thioether (sulfide) groups is 1. The molecule has 0 bridgehead atoms. The van der Waals surface area contributed by atoms with Gasteiger partial charge in [0.2, 0.25) is 0 Å². The summed E-state index contributed by atoms with van der Waals surface area (Å²) in [6, 6.07) is 1.89. The fraction of sp³-hybridized carbons (Fsp3) is 0.429. The van der Waals surface area contributed by atoms with Gasteiger partial charge in [-0.15, -0.1) is 11.8 Å². The highest BCUT2D eigenvalue weighted by atomic mass is 79.9. The maximum Gasteiger partial charge on any atom is 0.118 e. The van der Waals surface area contributed by atoms with Crippen LogP contribution >= 0.6 is 27.7 Å². The summed E-state index contributed by atoms with van der Waals surface area (Å²) in [6.45, 7) is 0.742. The molecule has 1 aromatic rings. The number of rotatable bonds is 4. The highest BCUT2D eigenvalue weighted by Crippen LogP contribution is 2.16. The first-order chi connectivity index (χ1) is 5.83. The molecule has 5 heteroatoms. The molecule has 0 amide bonds. The van der Waals surface area contributed by atoms with E-state index in [0.717, 1.165) is 22.0 Å². The minimum Gasteiger partial charge on any atom is -0.384 e. The normalized spacial score (nSPS) is 10.2. The van der Waals surface area contributed by atoms with Gasteiger partial charge in [-0.2, -0.15) is 0 Å². The maximum absolute atomic E-state index is 4.92. The summed E-state index contributed by atoms with van der Waals surface area (Å²) in [5, 5.41) is 0.967. The van der Waals surface area contributed by atoms with Crippen molar-refractivity contribution in [2.45, 2.75) is 5.03 Å². The highest BCUT2D eigenvalue weighted by molar-refractivity contribution is 9.10. The Morgan fingerprint density at radius 1 is 1.58 bits per heavy atom. The van der Waals surface area contributed by atoms with Crippen molar-refractivity contribution in [3.05, 3.63) is 17.0 Å². The number of aromatic nitrogens is 2. The van der Waals surface area contributed by atoms with Crippen LogP contribution in [0, 0.1) is 0 Å². The van der Waals surface area contributed by atoms with Gasteiger partial charge in [-0.1, -0.05) is 0 Å². The molecule has 1 aromatic heterocycles. The van der Waals surface area contributed by atoms with Gasteiger partial charge in [0.15, 0.2) is 0 Å². The van der Waals surface area contributed by atoms with Crippen LogP contribution in [0.1, 0.15) is 0 Å². The molecule has 0 fully saturated rings. The van der Waals surface area contributed by atoms with Crippen molar-refractivity contribution in [1.29, 1.82) is 0 Å². The Labute approximate surface area is 84.1 Å². The third kappa shape index (κ3) is 3.51. The van der Waals surface area contributed by atoms with E-state index in [-0.39, 0.29) is 0 Å². The quantitative estimate of drug-likeness (QED) is 0.464. The van der Waals surface area contributed by atoms with Crippen molar-refractivity contribution in [2.75, 3.05) is 19.5 Å². The molecular weight excluding hydrogens is 240 g/mol. The summed E-state index contributed by atoms with van der Waals surface area (Å²) in [4.78, 5) is 8.01. The molecule has 1 heterocycles. The van der Waals surface area contributed by atoms with Gasteiger partial charge in [0, 0.05) is 18.9 Å². The smallest absolute Gasteiger partial charge is 0.118 e. The van der Waals surface area contributed by atoms with Crippen LogP contribution in [0.15, 0.2) is 22.0 Å². The van der Waals surface area contributed by atoms with Crippen LogP contribution in [0.3, 0.4) is 0 Å². The first-order valence-corrected chi connectivity index (χ1v) is 5.20. The van der Waals surface area contributed by atoms with E-state index in [1.165, 1.54) is 0 Å². The van der Waals surface area contributed by atoms with E-state index in [0.29, 0.717) is 0 Å². The Hall–Kier alpha value is -0.130. The van der Waals surface area contributed by atoms with Crippen LogP contribution < -0.4 is 0 Å². The summed E-state index contributed by atoms with van der Waals surface area (Å²) >= 11 is 4.93. The molecule has 0 aliphatic heterocycles. The second-order valence-corrected chi connectivity index (χ2v) is 3.95. The van der Waals surface area contributed by atoms with Gasteiger partial charge in [-0.3, -0.25) is 0 Å². The Morgan fingerprint density at radius 3 is 3.08 bits per heavy atom. The topological polar surface area (TPSA) is 35.0 Å². The number of ether oxygens (including phenoxy) is 1. The lowest BCUT2D eigenvalue weighted by Gasteiger charge is -1.98. The summed E-state index contributed by atoms with van der Waals surface area (Å²) in [7, 11) is 1.69. The first-order valence-electron chi connectivity index (χ1n) is 3.42. The molecule has 0 aromatic carbocycles. The molecule has 0 spiro atoms. The van der Waals surface area contributed by atoms with Crippen LogP contribution in [-0.2, 0) is 4.74 Å². The average molecular weight is 249 g/mol. The van der Waals surface area contributed by atoms with Crippen LogP contribution in [0.5, 0.6) is 0 Å². The molecule has 1 rings (SSSR count). The lowest BCUT2D eigenvalue weighted by molar-refractivity contribution is 0.218. The third-order valence-electron chi connectivity index (χ3n) is 1.15. The maximum atomic E-state index is 4.92. The van der Waals surface area contributed by atoms with Crippen molar-refractivity contribution in [3.8, 4) is 0 Å². The minimum absolute atomic E-state index is 0.742. The largest absolute Gasteiger partial charge is 0.384 e. The van der Waals surface area contributed by atoms with Gasteiger partial charge in [0.05, 0.1) is 6.61 Å². The molecule has 66 valence electrons. The van der Waals surface area contributed by atoms with Gasteiger partial charge >= 0.3 is 0 Å². The molecular formula is C7H9BrN2OS. The minimum atomic E-state index is 0.742. The molecule has 0 N–H and O–H groups in total. The van der Waals surface area contributed by atoms with Gasteiger partial charge in [0.1, 0.15) is 16.0 Å². The number of nitrogens with zero attached hydrogens (tertiary/aromatic N) is 2. The molecule has 0 unspecified atom stereocenters. The Morgan fingerprint density at radius 2 is 2.42 bits per heavy atom. The SMILES string of the molecule is COCCSc1cc(Br)ncn1. The average Bonchev–Trinajstić information content (AvgIpc) is 2.05. The second-order valence-electron chi connectivity index (χ2n) is 2.02. The molecule has 12 heavy (non-hydrogen) atoms. The van der Waals surface area contributed by atoms with Crippen LogP contribution in [0.4, 0.5) is 0 Å². The molecule has 3 nitrogen and oxygen atoms in total. The fourth-order valence-corrected chi connectivity index (χ4v) is 1.86. The van der Waals surface area contributed by atoms with Crippen LogP contribution in [0.25, 0.3) is 0 Å². The van der Waals surface area contributed by atoms with E-state index in [9.17, 15) is 0 Å². The number of halogens is 1. The van der Waals surface area contributed by atoms with Crippen molar-refractivity contribution < 1.29 is 4.74 Å². The van der Waals surface area contributed by atoms with Crippen LogP contribution in [0.2, 0.25) is 0 Å². The van der Waals surface area contributed by atoms with Crippen molar-refractivity contribution >= 4 is 27.7 Å². The lowest BCUT2D eigenvalue weighted by Crippen LogP contribution is -1.92. The zero-order chi connectivity index (χ0) is 8.81. The van der Waals surface area contributed by atoms with E-state index < -0.39 is 0 Å². The molecule has 0 saturated heterocycles. The summed E-state index contributed by atoms with van der Waals surface area (Å²) in [6.07, 6.45) is 1.54. The molecule has 0 atom stereocenters. The Balaban J connectivity index is 2.41. The highest BCUT2D eigenvalue weighted by Gasteiger charge is 1.96. The predicted octanol–water partition coefficient (Wildman–Crippen LogP) is 1.98. The van der Waals surface area contributed by atoms with E-state index in [1.807, 2.05) is 6.07 Å². The Bertz CT molecular complexity index is 247. The monoisotopic (exact) mass is 248 g/mol. The number of hydrogen-bond acceptors (Lipinski definition) is 4. The van der Waals surface area contributed by atoms with Crippen molar-refractivity contribution in [1.82, 2.24) is 9.97 Å². The molecule has 0 aliphatic carbocycles. The molecule has 0 saturated carbocycles. The molecule has 0 aliphatic rings.